The van der Waals surface area contributed by atoms with Gasteiger partial charge in [0.2, 0.25) is 5.91 Å². The Morgan fingerprint density at radius 3 is 2.82 bits per heavy atom. The standard InChI is InChI=1S/C13H15N3O/c14-13(17)11-4-1-3-10(7-11)8-15-9-12-5-2-6-16-12/h1-7,15-16H,8-9H2,(H2,14,17). The Morgan fingerprint density at radius 2 is 2.12 bits per heavy atom. The molecule has 1 heterocycles. The minimum absolute atomic E-state index is 0.392. The molecule has 4 heteroatoms. The van der Waals surface area contributed by atoms with Gasteiger partial charge in [0.15, 0.2) is 0 Å². The number of primary amides is 1. The van der Waals surface area contributed by atoms with Crippen LogP contribution in [0.2, 0.25) is 0 Å². The number of rotatable bonds is 5. The van der Waals surface area contributed by atoms with Crippen LogP contribution in [0.25, 0.3) is 0 Å². The van der Waals surface area contributed by atoms with E-state index in [1.165, 1.54) is 0 Å². The van der Waals surface area contributed by atoms with Crippen LogP contribution in [0.4, 0.5) is 0 Å². The van der Waals surface area contributed by atoms with E-state index < -0.39 is 5.91 Å². The zero-order valence-corrected chi connectivity index (χ0v) is 9.44. The summed E-state index contributed by atoms with van der Waals surface area (Å²) in [6, 6.07) is 11.3. The van der Waals surface area contributed by atoms with Crippen molar-refractivity contribution in [2.24, 2.45) is 5.73 Å². The lowest BCUT2D eigenvalue weighted by atomic mass is 10.1. The number of nitrogens with one attached hydrogen (secondary N) is 2. The van der Waals surface area contributed by atoms with Crippen LogP contribution < -0.4 is 11.1 Å². The Hall–Kier alpha value is -2.07. The Balaban J connectivity index is 1.90. The molecule has 0 bridgehead atoms. The van der Waals surface area contributed by atoms with Crippen LogP contribution in [0, 0.1) is 0 Å². The summed E-state index contributed by atoms with van der Waals surface area (Å²) in [7, 11) is 0. The highest BCUT2D eigenvalue weighted by Gasteiger charge is 2.01. The molecule has 0 atom stereocenters. The van der Waals surface area contributed by atoms with E-state index >= 15 is 0 Å². The van der Waals surface area contributed by atoms with Gasteiger partial charge in [0.05, 0.1) is 0 Å². The lowest BCUT2D eigenvalue weighted by molar-refractivity contribution is 0.1000. The van der Waals surface area contributed by atoms with Crippen molar-refractivity contribution in [1.29, 1.82) is 0 Å². The fourth-order valence-electron chi connectivity index (χ4n) is 1.65. The zero-order valence-electron chi connectivity index (χ0n) is 9.44. The van der Waals surface area contributed by atoms with Crippen molar-refractivity contribution in [3.8, 4) is 0 Å². The summed E-state index contributed by atoms with van der Waals surface area (Å²) in [5.41, 5.74) is 7.95. The molecule has 17 heavy (non-hydrogen) atoms. The third-order valence-corrected chi connectivity index (χ3v) is 2.52. The van der Waals surface area contributed by atoms with Crippen molar-refractivity contribution >= 4 is 5.91 Å². The molecule has 0 aliphatic carbocycles. The minimum Gasteiger partial charge on any atom is -0.366 e. The molecule has 0 saturated carbocycles. The lowest BCUT2D eigenvalue weighted by Crippen LogP contribution is -2.15. The summed E-state index contributed by atoms with van der Waals surface area (Å²) in [6.45, 7) is 1.48. The van der Waals surface area contributed by atoms with E-state index in [9.17, 15) is 4.79 Å². The fraction of sp³-hybridized carbons (Fsp3) is 0.154. The SMILES string of the molecule is NC(=O)c1cccc(CNCc2ccc[nH]2)c1. The van der Waals surface area contributed by atoms with Gasteiger partial charge in [0.1, 0.15) is 0 Å². The Labute approximate surface area is 99.8 Å². The van der Waals surface area contributed by atoms with Crippen molar-refractivity contribution in [1.82, 2.24) is 10.3 Å². The quantitative estimate of drug-likeness (QED) is 0.725. The number of H-pyrrole nitrogens is 1. The second-order valence-corrected chi connectivity index (χ2v) is 3.86. The number of aromatic amines is 1. The fourth-order valence-corrected chi connectivity index (χ4v) is 1.65. The zero-order chi connectivity index (χ0) is 12.1. The molecule has 0 fully saturated rings. The number of nitrogens with two attached hydrogens (primary N) is 1. The molecule has 2 aromatic rings. The van der Waals surface area contributed by atoms with Crippen LogP contribution in [-0.2, 0) is 13.1 Å². The summed E-state index contributed by atoms with van der Waals surface area (Å²) >= 11 is 0. The molecular formula is C13H15N3O. The maximum atomic E-state index is 11.0. The first-order valence-electron chi connectivity index (χ1n) is 5.47. The van der Waals surface area contributed by atoms with Gasteiger partial charge in [-0.2, -0.15) is 0 Å². The van der Waals surface area contributed by atoms with Crippen LogP contribution in [0.3, 0.4) is 0 Å². The summed E-state index contributed by atoms with van der Waals surface area (Å²) in [5, 5.41) is 3.29. The second kappa shape index (κ2) is 5.32. The van der Waals surface area contributed by atoms with Crippen molar-refractivity contribution in [3.05, 3.63) is 59.4 Å². The molecule has 1 aromatic carbocycles. The monoisotopic (exact) mass is 229 g/mol. The number of benzene rings is 1. The average molecular weight is 229 g/mol. The van der Waals surface area contributed by atoms with Crippen LogP contribution in [0.1, 0.15) is 21.6 Å². The van der Waals surface area contributed by atoms with Gasteiger partial charge in [0.25, 0.3) is 0 Å². The highest BCUT2D eigenvalue weighted by atomic mass is 16.1. The third kappa shape index (κ3) is 3.19. The van der Waals surface area contributed by atoms with Gasteiger partial charge >= 0.3 is 0 Å². The number of carbonyl (C=O) groups is 1. The summed E-state index contributed by atoms with van der Waals surface area (Å²) in [4.78, 5) is 14.1. The number of hydrogen-bond acceptors (Lipinski definition) is 2. The Kier molecular flexibility index (Phi) is 3.57. The van der Waals surface area contributed by atoms with E-state index in [0.29, 0.717) is 12.1 Å². The van der Waals surface area contributed by atoms with Crippen molar-refractivity contribution in [2.45, 2.75) is 13.1 Å². The van der Waals surface area contributed by atoms with Crippen LogP contribution >= 0.6 is 0 Å². The van der Waals surface area contributed by atoms with E-state index in [1.807, 2.05) is 36.5 Å². The van der Waals surface area contributed by atoms with Crippen molar-refractivity contribution in [2.75, 3.05) is 0 Å². The summed E-state index contributed by atoms with van der Waals surface area (Å²) < 4.78 is 0. The highest BCUT2D eigenvalue weighted by molar-refractivity contribution is 5.92. The molecule has 2 rings (SSSR count). The minimum atomic E-state index is -0.392. The van der Waals surface area contributed by atoms with E-state index in [2.05, 4.69) is 10.3 Å². The van der Waals surface area contributed by atoms with Crippen LogP contribution in [0.5, 0.6) is 0 Å². The van der Waals surface area contributed by atoms with Gasteiger partial charge in [-0.25, -0.2) is 0 Å². The molecule has 4 N–H and O–H groups in total. The largest absolute Gasteiger partial charge is 0.366 e. The predicted octanol–water partition coefficient (Wildman–Crippen LogP) is 1.40. The van der Waals surface area contributed by atoms with Crippen LogP contribution in [-0.4, -0.2) is 10.9 Å². The molecule has 0 saturated heterocycles. The normalized spacial score (nSPS) is 10.4. The molecule has 4 nitrogen and oxygen atoms in total. The third-order valence-electron chi connectivity index (χ3n) is 2.52. The second-order valence-electron chi connectivity index (χ2n) is 3.86. The topological polar surface area (TPSA) is 70.9 Å². The molecule has 0 unspecified atom stereocenters. The van der Waals surface area contributed by atoms with E-state index in [0.717, 1.165) is 17.8 Å². The van der Waals surface area contributed by atoms with Gasteiger partial charge in [-0.1, -0.05) is 12.1 Å². The van der Waals surface area contributed by atoms with Gasteiger partial charge in [-0.15, -0.1) is 0 Å². The first-order chi connectivity index (χ1) is 8.25. The number of aromatic nitrogens is 1. The molecule has 0 spiro atoms. The van der Waals surface area contributed by atoms with Crippen molar-refractivity contribution < 1.29 is 4.79 Å². The molecular weight excluding hydrogens is 214 g/mol. The maximum absolute atomic E-state index is 11.0. The molecule has 1 amide bonds. The summed E-state index contributed by atoms with van der Waals surface area (Å²) in [6.07, 6.45) is 1.89. The molecule has 0 aliphatic rings. The van der Waals surface area contributed by atoms with Crippen molar-refractivity contribution in [3.63, 3.8) is 0 Å². The van der Waals surface area contributed by atoms with Gasteiger partial charge in [-0.3, -0.25) is 4.79 Å². The molecule has 0 aliphatic heterocycles. The molecule has 1 aromatic heterocycles. The van der Waals surface area contributed by atoms with Crippen LogP contribution in [0.15, 0.2) is 42.6 Å². The summed E-state index contributed by atoms with van der Waals surface area (Å²) in [5.74, 6) is -0.392. The molecule has 88 valence electrons. The van der Waals surface area contributed by atoms with E-state index in [4.69, 9.17) is 5.73 Å². The Morgan fingerprint density at radius 1 is 1.24 bits per heavy atom. The van der Waals surface area contributed by atoms with Gasteiger partial charge in [0, 0.05) is 30.5 Å². The van der Waals surface area contributed by atoms with E-state index in [-0.39, 0.29) is 0 Å². The number of amides is 1. The first-order valence-corrected chi connectivity index (χ1v) is 5.47. The Bertz CT molecular complexity index is 491. The maximum Gasteiger partial charge on any atom is 0.248 e. The first kappa shape index (κ1) is 11.4. The average Bonchev–Trinajstić information content (AvgIpc) is 2.82. The highest BCUT2D eigenvalue weighted by Crippen LogP contribution is 2.04. The number of carbonyl (C=O) groups excluding carboxylic acids is 1. The molecule has 0 radical (unpaired) electrons. The predicted molar refractivity (Wildman–Crippen MR) is 66.3 cm³/mol. The number of hydrogen-bond donors (Lipinski definition) is 3. The van der Waals surface area contributed by atoms with Gasteiger partial charge < -0.3 is 16.0 Å². The lowest BCUT2D eigenvalue weighted by Gasteiger charge is -2.05. The smallest absolute Gasteiger partial charge is 0.248 e. The van der Waals surface area contributed by atoms with Gasteiger partial charge in [-0.05, 0) is 29.8 Å². The van der Waals surface area contributed by atoms with E-state index in [1.54, 1.807) is 6.07 Å².